The highest BCUT2D eigenvalue weighted by molar-refractivity contribution is 6.06. The highest BCUT2D eigenvalue weighted by atomic mass is 19.4. The number of carbonyl (C=O) groups excluding carboxylic acids is 2. The second-order valence-corrected chi connectivity index (χ2v) is 6.70. The first-order chi connectivity index (χ1) is 15.1. The van der Waals surface area contributed by atoms with Gasteiger partial charge in [0.25, 0.3) is 5.91 Å². The first-order valence-electron chi connectivity index (χ1n) is 9.16. The van der Waals surface area contributed by atoms with Crippen LogP contribution in [0.1, 0.15) is 27.0 Å². The molecular formula is C22H16F4N4O2. The van der Waals surface area contributed by atoms with Crippen LogP contribution in [0, 0.1) is 12.7 Å². The first-order valence-corrected chi connectivity index (χ1v) is 9.16. The molecule has 3 rings (SSSR count). The van der Waals surface area contributed by atoms with Crippen molar-refractivity contribution < 1.29 is 27.2 Å². The molecule has 0 aliphatic carbocycles. The molecule has 3 aromatic rings. The Morgan fingerprint density at radius 1 is 1.00 bits per heavy atom. The average molecular weight is 444 g/mol. The highest BCUT2D eigenvalue weighted by Crippen LogP contribution is 2.30. The van der Waals surface area contributed by atoms with Crippen LogP contribution < -0.4 is 10.6 Å². The smallest absolute Gasteiger partial charge is 0.322 e. The van der Waals surface area contributed by atoms with Crippen molar-refractivity contribution in [3.8, 4) is 0 Å². The molecule has 0 saturated carbocycles. The predicted octanol–water partition coefficient (Wildman–Crippen LogP) is 4.85. The number of alkyl halides is 3. The molecule has 1 heterocycles. The van der Waals surface area contributed by atoms with Crippen LogP contribution in [0.15, 0.2) is 61.2 Å². The standard InChI is InChI=1S/C22H16F4N4O2/c1-13-2-4-18(9-19(13)30-20(31)5-3-14-10-27-12-28-11-14)29-21(32)15-6-16(22(24,25)26)8-17(23)7-15/h2-12H,1H3,(H,29,32)(H,30,31)/b5-3+. The van der Waals surface area contributed by atoms with E-state index in [1.165, 1.54) is 43.0 Å². The van der Waals surface area contributed by atoms with Crippen molar-refractivity contribution in [1.29, 1.82) is 0 Å². The normalized spacial score (nSPS) is 11.4. The first kappa shape index (κ1) is 22.6. The number of nitrogens with zero attached hydrogens (tertiary/aromatic N) is 2. The summed E-state index contributed by atoms with van der Waals surface area (Å²) in [5.41, 5.74) is 0.115. The van der Waals surface area contributed by atoms with Gasteiger partial charge in [0.15, 0.2) is 0 Å². The van der Waals surface area contributed by atoms with E-state index in [-0.39, 0.29) is 5.69 Å². The van der Waals surface area contributed by atoms with E-state index in [9.17, 15) is 27.2 Å². The fourth-order valence-electron chi connectivity index (χ4n) is 2.67. The van der Waals surface area contributed by atoms with E-state index in [0.29, 0.717) is 35.0 Å². The Bertz CT molecular complexity index is 1180. The lowest BCUT2D eigenvalue weighted by Crippen LogP contribution is -2.15. The van der Waals surface area contributed by atoms with E-state index < -0.39 is 34.9 Å². The molecule has 2 aromatic carbocycles. The molecule has 0 atom stereocenters. The molecule has 0 radical (unpaired) electrons. The van der Waals surface area contributed by atoms with Crippen molar-refractivity contribution in [1.82, 2.24) is 9.97 Å². The Kier molecular flexibility index (Phi) is 6.62. The number of carbonyl (C=O) groups is 2. The van der Waals surface area contributed by atoms with E-state index >= 15 is 0 Å². The van der Waals surface area contributed by atoms with Crippen LogP contribution in [-0.4, -0.2) is 21.8 Å². The molecule has 2 N–H and O–H groups in total. The van der Waals surface area contributed by atoms with Crippen molar-refractivity contribution in [3.05, 3.63) is 89.3 Å². The molecule has 0 aliphatic heterocycles. The molecule has 0 saturated heterocycles. The van der Waals surface area contributed by atoms with Crippen LogP contribution in [0.4, 0.5) is 28.9 Å². The van der Waals surface area contributed by atoms with Gasteiger partial charge in [0.1, 0.15) is 12.1 Å². The van der Waals surface area contributed by atoms with Crippen molar-refractivity contribution in [2.24, 2.45) is 0 Å². The third kappa shape index (κ3) is 5.97. The second kappa shape index (κ2) is 9.38. The Hall–Kier alpha value is -4.08. The number of hydrogen-bond acceptors (Lipinski definition) is 4. The molecule has 0 bridgehead atoms. The largest absolute Gasteiger partial charge is 0.416 e. The van der Waals surface area contributed by atoms with Gasteiger partial charge >= 0.3 is 6.18 Å². The number of nitrogens with one attached hydrogen (secondary N) is 2. The minimum atomic E-state index is -4.79. The van der Waals surface area contributed by atoms with Gasteiger partial charge in [0.2, 0.25) is 5.91 Å². The van der Waals surface area contributed by atoms with Gasteiger partial charge in [-0.25, -0.2) is 14.4 Å². The summed E-state index contributed by atoms with van der Waals surface area (Å²) in [4.78, 5) is 32.2. The fraction of sp³-hybridized carbons (Fsp3) is 0.0909. The molecule has 0 spiro atoms. The molecule has 1 aromatic heterocycles. The van der Waals surface area contributed by atoms with E-state index in [1.807, 2.05) is 0 Å². The van der Waals surface area contributed by atoms with Crippen LogP contribution in [0.5, 0.6) is 0 Å². The average Bonchev–Trinajstić information content (AvgIpc) is 2.74. The van der Waals surface area contributed by atoms with Gasteiger partial charge in [0, 0.05) is 41.0 Å². The molecule has 0 unspecified atom stereocenters. The quantitative estimate of drug-likeness (QED) is 0.436. The highest BCUT2D eigenvalue weighted by Gasteiger charge is 2.32. The van der Waals surface area contributed by atoms with Crippen molar-refractivity contribution in [2.75, 3.05) is 10.6 Å². The topological polar surface area (TPSA) is 84.0 Å². The minimum Gasteiger partial charge on any atom is -0.322 e. The van der Waals surface area contributed by atoms with Crippen LogP contribution in [0.25, 0.3) is 6.08 Å². The zero-order chi connectivity index (χ0) is 23.3. The van der Waals surface area contributed by atoms with Gasteiger partial charge < -0.3 is 10.6 Å². The van der Waals surface area contributed by atoms with Crippen molar-refractivity contribution >= 4 is 29.3 Å². The van der Waals surface area contributed by atoms with Gasteiger partial charge in [-0.05, 0) is 48.9 Å². The van der Waals surface area contributed by atoms with Gasteiger partial charge in [-0.2, -0.15) is 13.2 Å². The maximum absolute atomic E-state index is 13.6. The molecule has 0 fully saturated rings. The predicted molar refractivity (Wildman–Crippen MR) is 110 cm³/mol. The van der Waals surface area contributed by atoms with E-state index in [0.717, 1.165) is 0 Å². The summed E-state index contributed by atoms with van der Waals surface area (Å²) in [7, 11) is 0. The Labute approximate surface area is 180 Å². The number of halogens is 4. The molecule has 2 amide bonds. The fourth-order valence-corrected chi connectivity index (χ4v) is 2.67. The molecule has 32 heavy (non-hydrogen) atoms. The zero-order valence-electron chi connectivity index (χ0n) is 16.6. The van der Waals surface area contributed by atoms with Gasteiger partial charge in [-0.15, -0.1) is 0 Å². The number of hydrogen-bond donors (Lipinski definition) is 2. The SMILES string of the molecule is Cc1ccc(NC(=O)c2cc(F)cc(C(F)(F)F)c2)cc1NC(=O)/C=C/c1cncnc1. The Morgan fingerprint density at radius 3 is 2.41 bits per heavy atom. The Morgan fingerprint density at radius 2 is 1.72 bits per heavy atom. The summed E-state index contributed by atoms with van der Waals surface area (Å²) >= 11 is 0. The van der Waals surface area contributed by atoms with Gasteiger partial charge in [-0.1, -0.05) is 6.07 Å². The molecule has 6 nitrogen and oxygen atoms in total. The van der Waals surface area contributed by atoms with E-state index in [4.69, 9.17) is 0 Å². The van der Waals surface area contributed by atoms with Crippen LogP contribution in [0.3, 0.4) is 0 Å². The lowest BCUT2D eigenvalue weighted by atomic mass is 10.1. The molecule has 10 heteroatoms. The minimum absolute atomic E-state index is 0.203. The maximum Gasteiger partial charge on any atom is 0.416 e. The lowest BCUT2D eigenvalue weighted by Gasteiger charge is -2.12. The molecular weight excluding hydrogens is 428 g/mol. The van der Waals surface area contributed by atoms with E-state index in [1.54, 1.807) is 13.0 Å². The second-order valence-electron chi connectivity index (χ2n) is 6.70. The Balaban J connectivity index is 1.74. The summed E-state index contributed by atoms with van der Waals surface area (Å²) in [5, 5.41) is 5.05. The molecule has 0 aliphatic rings. The van der Waals surface area contributed by atoms with Gasteiger partial charge in [0.05, 0.1) is 5.56 Å². The zero-order valence-corrected chi connectivity index (χ0v) is 16.6. The summed E-state index contributed by atoms with van der Waals surface area (Å²) in [6.07, 6.45) is 2.39. The monoisotopic (exact) mass is 444 g/mol. The lowest BCUT2D eigenvalue weighted by molar-refractivity contribution is -0.137. The summed E-state index contributed by atoms with van der Waals surface area (Å²) in [5.74, 6) is -2.57. The summed E-state index contributed by atoms with van der Waals surface area (Å²) in [6.45, 7) is 1.72. The number of anilines is 2. The third-order valence-electron chi connectivity index (χ3n) is 4.25. The number of aromatic nitrogens is 2. The number of amides is 2. The van der Waals surface area contributed by atoms with Crippen LogP contribution in [0.2, 0.25) is 0 Å². The number of rotatable bonds is 5. The van der Waals surface area contributed by atoms with Crippen molar-refractivity contribution in [3.63, 3.8) is 0 Å². The van der Waals surface area contributed by atoms with Crippen LogP contribution in [-0.2, 0) is 11.0 Å². The summed E-state index contributed by atoms with van der Waals surface area (Å²) in [6, 6.07) is 6.13. The summed E-state index contributed by atoms with van der Waals surface area (Å²) < 4.78 is 52.2. The molecule has 164 valence electrons. The van der Waals surface area contributed by atoms with Crippen LogP contribution >= 0.6 is 0 Å². The maximum atomic E-state index is 13.6. The number of aryl methyl sites for hydroxylation is 1. The third-order valence-corrected chi connectivity index (χ3v) is 4.25. The van der Waals surface area contributed by atoms with E-state index in [2.05, 4.69) is 20.6 Å². The van der Waals surface area contributed by atoms with Crippen molar-refractivity contribution in [2.45, 2.75) is 13.1 Å². The van der Waals surface area contributed by atoms with Gasteiger partial charge in [-0.3, -0.25) is 9.59 Å². The number of benzene rings is 2.